The molecule has 2 aromatic heterocycles. The second kappa shape index (κ2) is 6.90. The van der Waals surface area contributed by atoms with E-state index in [2.05, 4.69) is 48.0 Å². The first kappa shape index (κ1) is 19.8. The number of nitrogens with zero attached hydrogens (tertiary/aromatic N) is 1. The number of fused-ring (bicyclic) bond motifs is 4. The summed E-state index contributed by atoms with van der Waals surface area (Å²) in [6, 6.07) is 16.9. The Morgan fingerprint density at radius 1 is 1.07 bits per heavy atom. The van der Waals surface area contributed by atoms with Crippen LogP contribution in [0.3, 0.4) is 0 Å². The Balaban J connectivity index is 0.000000226. The van der Waals surface area contributed by atoms with Gasteiger partial charge in [0, 0.05) is 21.2 Å². The van der Waals surface area contributed by atoms with Gasteiger partial charge in [0.2, 0.25) is 11.0 Å². The lowest BCUT2D eigenvalue weighted by Gasteiger charge is -1.99. The molecular formula is C17H12ClF3NO3S2+. The molecule has 0 fully saturated rings. The van der Waals surface area contributed by atoms with Crippen molar-refractivity contribution in [3.8, 4) is 0 Å². The SMILES string of the molecule is C[n+]1c2cc(Cl)ccc2cc2sc3ccccc3c21.O=S(=O)(O)C(F)(F)F. The molecule has 10 heteroatoms. The van der Waals surface area contributed by atoms with Crippen LogP contribution in [0.15, 0.2) is 48.5 Å². The quantitative estimate of drug-likeness (QED) is 0.238. The van der Waals surface area contributed by atoms with Crippen molar-refractivity contribution in [2.75, 3.05) is 0 Å². The predicted octanol–water partition coefficient (Wildman–Crippen LogP) is 5.08. The second-order valence-corrected chi connectivity index (χ2v) is 8.57. The van der Waals surface area contributed by atoms with Crippen LogP contribution in [0.5, 0.6) is 0 Å². The van der Waals surface area contributed by atoms with Crippen LogP contribution in [0.1, 0.15) is 0 Å². The van der Waals surface area contributed by atoms with Gasteiger partial charge in [0.25, 0.3) is 0 Å². The first-order valence-electron chi connectivity index (χ1n) is 7.42. The molecule has 1 N–H and O–H groups in total. The van der Waals surface area contributed by atoms with Crippen molar-refractivity contribution in [1.82, 2.24) is 0 Å². The number of pyridine rings is 1. The minimum absolute atomic E-state index is 0.780. The van der Waals surface area contributed by atoms with Gasteiger partial charge in [-0.25, -0.2) is 0 Å². The van der Waals surface area contributed by atoms with E-state index in [-0.39, 0.29) is 0 Å². The average Bonchev–Trinajstić information content (AvgIpc) is 2.93. The summed E-state index contributed by atoms with van der Waals surface area (Å²) in [6.07, 6.45) is 0. The number of hydrogen-bond donors (Lipinski definition) is 1. The van der Waals surface area contributed by atoms with Gasteiger partial charge in [-0.3, -0.25) is 4.55 Å². The van der Waals surface area contributed by atoms with E-state index in [1.54, 1.807) is 0 Å². The zero-order valence-corrected chi connectivity index (χ0v) is 16.0. The van der Waals surface area contributed by atoms with Crippen LogP contribution in [-0.2, 0) is 17.2 Å². The Labute approximate surface area is 161 Å². The van der Waals surface area contributed by atoms with Crippen LogP contribution in [0.2, 0.25) is 5.02 Å². The largest absolute Gasteiger partial charge is 0.522 e. The number of thiophene rings is 1. The van der Waals surface area contributed by atoms with Gasteiger partial charge in [-0.05, 0) is 30.3 Å². The highest BCUT2D eigenvalue weighted by molar-refractivity contribution is 7.86. The van der Waals surface area contributed by atoms with E-state index < -0.39 is 15.6 Å². The molecule has 0 spiro atoms. The smallest absolute Gasteiger partial charge is 0.279 e. The van der Waals surface area contributed by atoms with Gasteiger partial charge in [-0.1, -0.05) is 23.7 Å². The summed E-state index contributed by atoms with van der Waals surface area (Å²) in [5.74, 6) is 0. The average molecular weight is 435 g/mol. The van der Waals surface area contributed by atoms with E-state index in [4.69, 9.17) is 24.6 Å². The van der Waals surface area contributed by atoms with Crippen LogP contribution >= 0.6 is 22.9 Å². The van der Waals surface area contributed by atoms with Gasteiger partial charge in [-0.15, -0.1) is 11.3 Å². The Kier molecular flexibility index (Phi) is 5.06. The standard InChI is InChI=1S/C16H11ClNS.CHF3O3S/c1-18-13-9-11(17)7-6-10(13)8-15-16(18)12-4-2-3-5-14(12)19-15;2-1(3,4)8(5,6)7/h2-9H,1H3;(H,5,6,7)/q+1;. The molecule has 0 aliphatic carbocycles. The molecule has 2 aromatic carbocycles. The maximum atomic E-state index is 10.7. The predicted molar refractivity (Wildman–Crippen MR) is 101 cm³/mol. The first-order valence-corrected chi connectivity index (χ1v) is 10.1. The molecule has 0 radical (unpaired) electrons. The first-order chi connectivity index (χ1) is 12.5. The fourth-order valence-electron chi connectivity index (χ4n) is 2.69. The van der Waals surface area contributed by atoms with Crippen molar-refractivity contribution in [3.05, 3.63) is 53.6 Å². The minimum atomic E-state index is -5.84. The van der Waals surface area contributed by atoms with E-state index in [0.717, 1.165) is 5.02 Å². The summed E-state index contributed by atoms with van der Waals surface area (Å²) < 4.78 is 62.4. The highest BCUT2D eigenvalue weighted by atomic mass is 35.5. The van der Waals surface area contributed by atoms with E-state index >= 15 is 0 Å². The topological polar surface area (TPSA) is 58.2 Å². The minimum Gasteiger partial charge on any atom is -0.279 e. The molecule has 0 bridgehead atoms. The second-order valence-electron chi connectivity index (χ2n) is 5.64. The summed E-state index contributed by atoms with van der Waals surface area (Å²) in [5, 5.41) is 3.32. The van der Waals surface area contributed by atoms with E-state index in [9.17, 15) is 13.2 Å². The highest BCUT2D eigenvalue weighted by Gasteiger charge is 2.44. The van der Waals surface area contributed by atoms with Crippen molar-refractivity contribution in [2.24, 2.45) is 7.05 Å². The molecule has 0 unspecified atom stereocenters. The van der Waals surface area contributed by atoms with Gasteiger partial charge in [0.05, 0.1) is 5.39 Å². The Morgan fingerprint density at radius 2 is 1.70 bits per heavy atom. The Morgan fingerprint density at radius 3 is 2.33 bits per heavy atom. The number of halogens is 4. The molecule has 0 saturated carbocycles. The summed E-state index contributed by atoms with van der Waals surface area (Å²) in [4.78, 5) is 0. The lowest BCUT2D eigenvalue weighted by molar-refractivity contribution is -0.616. The van der Waals surface area contributed by atoms with Crippen molar-refractivity contribution < 1.29 is 30.7 Å². The lowest BCUT2D eigenvalue weighted by Crippen LogP contribution is -2.29. The van der Waals surface area contributed by atoms with E-state index in [0.29, 0.717) is 0 Å². The van der Waals surface area contributed by atoms with Crippen LogP contribution < -0.4 is 4.57 Å². The van der Waals surface area contributed by atoms with E-state index in [1.165, 1.54) is 31.2 Å². The molecule has 0 aliphatic heterocycles. The van der Waals surface area contributed by atoms with Crippen molar-refractivity contribution in [3.63, 3.8) is 0 Å². The Hall–Kier alpha value is -1.94. The van der Waals surface area contributed by atoms with Crippen LogP contribution in [0.4, 0.5) is 13.2 Å². The molecule has 142 valence electrons. The zero-order chi connectivity index (χ0) is 20.0. The molecule has 0 aliphatic rings. The van der Waals surface area contributed by atoms with E-state index in [1.807, 2.05) is 23.5 Å². The van der Waals surface area contributed by atoms with Gasteiger partial charge in [-0.2, -0.15) is 26.2 Å². The fraction of sp³-hybridized carbons (Fsp3) is 0.118. The molecular weight excluding hydrogens is 423 g/mol. The maximum absolute atomic E-state index is 10.7. The van der Waals surface area contributed by atoms with Crippen molar-refractivity contribution in [2.45, 2.75) is 5.51 Å². The highest BCUT2D eigenvalue weighted by Crippen LogP contribution is 2.33. The molecule has 0 amide bonds. The summed E-state index contributed by atoms with van der Waals surface area (Å²) in [7, 11) is -3.73. The number of aryl methyl sites for hydroxylation is 1. The van der Waals surface area contributed by atoms with Gasteiger partial charge < -0.3 is 0 Å². The number of hydrogen-bond acceptors (Lipinski definition) is 3. The molecule has 4 rings (SSSR count). The molecule has 4 nitrogen and oxygen atoms in total. The molecule has 2 heterocycles. The van der Waals surface area contributed by atoms with Crippen LogP contribution in [0, 0.1) is 0 Å². The number of rotatable bonds is 0. The normalized spacial score (nSPS) is 12.4. The monoisotopic (exact) mass is 434 g/mol. The number of aromatic nitrogens is 1. The molecule has 27 heavy (non-hydrogen) atoms. The third-order valence-corrected chi connectivity index (χ3v) is 5.79. The number of benzene rings is 2. The summed E-state index contributed by atoms with van der Waals surface area (Å²) in [5.41, 5.74) is -3.08. The summed E-state index contributed by atoms with van der Waals surface area (Å²) in [6.45, 7) is 0. The van der Waals surface area contributed by atoms with Gasteiger partial charge >= 0.3 is 15.6 Å². The third kappa shape index (κ3) is 3.86. The maximum Gasteiger partial charge on any atom is 0.522 e. The zero-order valence-electron chi connectivity index (χ0n) is 13.7. The molecule has 0 atom stereocenters. The lowest BCUT2D eigenvalue weighted by atomic mass is 10.1. The van der Waals surface area contributed by atoms with Crippen LogP contribution in [0.25, 0.3) is 31.2 Å². The van der Waals surface area contributed by atoms with Crippen LogP contribution in [-0.4, -0.2) is 18.5 Å². The molecule has 0 saturated heterocycles. The summed E-state index contributed by atoms with van der Waals surface area (Å²) >= 11 is 7.96. The number of alkyl halides is 3. The molecule has 4 aromatic rings. The fourth-order valence-corrected chi connectivity index (χ4v) is 4.04. The van der Waals surface area contributed by atoms with Gasteiger partial charge in [0.15, 0.2) is 0 Å². The third-order valence-electron chi connectivity index (χ3n) is 3.86. The van der Waals surface area contributed by atoms with Crippen molar-refractivity contribution >= 4 is 64.3 Å². The Bertz CT molecular complexity index is 1270. The van der Waals surface area contributed by atoms with Crippen molar-refractivity contribution in [1.29, 1.82) is 0 Å². The van der Waals surface area contributed by atoms with Gasteiger partial charge in [0.1, 0.15) is 11.7 Å².